The van der Waals surface area contributed by atoms with Crippen molar-refractivity contribution in [2.45, 2.75) is 12.7 Å². The molecule has 0 bridgehead atoms. The standard InChI is InChI=1S/C16H16N4O3/c17-20-19-9-15(22)13-6-7-16(14(8-13)18-11-21)23-10-12-4-2-1-3-5-12/h1-8,11,15,22H,9-10H2,(H,18,21). The van der Waals surface area contributed by atoms with Crippen LogP contribution in [0, 0.1) is 0 Å². The van der Waals surface area contributed by atoms with Crippen molar-refractivity contribution in [1.29, 1.82) is 0 Å². The molecule has 0 aliphatic carbocycles. The number of rotatable bonds is 8. The molecule has 2 aromatic carbocycles. The van der Waals surface area contributed by atoms with Gasteiger partial charge in [-0.3, -0.25) is 4.79 Å². The fourth-order valence-electron chi connectivity index (χ4n) is 2.01. The van der Waals surface area contributed by atoms with Crippen molar-refractivity contribution in [3.8, 4) is 5.75 Å². The fourth-order valence-corrected chi connectivity index (χ4v) is 2.01. The van der Waals surface area contributed by atoms with E-state index >= 15 is 0 Å². The summed E-state index contributed by atoms with van der Waals surface area (Å²) in [6, 6.07) is 14.5. The molecule has 0 saturated carbocycles. The van der Waals surface area contributed by atoms with Crippen LogP contribution >= 0.6 is 0 Å². The average Bonchev–Trinajstić information content (AvgIpc) is 2.59. The van der Waals surface area contributed by atoms with Crippen LogP contribution in [0.4, 0.5) is 5.69 Å². The number of hydrogen-bond donors (Lipinski definition) is 2. The largest absolute Gasteiger partial charge is 0.487 e. The number of carbonyl (C=O) groups excluding carboxylic acids is 1. The van der Waals surface area contributed by atoms with Gasteiger partial charge in [-0.25, -0.2) is 0 Å². The van der Waals surface area contributed by atoms with Crippen molar-refractivity contribution in [2.75, 3.05) is 11.9 Å². The Kier molecular flexibility index (Phi) is 5.99. The van der Waals surface area contributed by atoms with Crippen molar-refractivity contribution in [3.05, 3.63) is 70.1 Å². The van der Waals surface area contributed by atoms with Gasteiger partial charge in [0.25, 0.3) is 0 Å². The van der Waals surface area contributed by atoms with Crippen LogP contribution in [0.15, 0.2) is 53.6 Å². The molecule has 2 rings (SSSR count). The van der Waals surface area contributed by atoms with Gasteiger partial charge in [0.15, 0.2) is 0 Å². The number of benzene rings is 2. The topological polar surface area (TPSA) is 107 Å². The number of aliphatic hydroxyl groups is 1. The zero-order chi connectivity index (χ0) is 16.5. The Morgan fingerprint density at radius 1 is 1.30 bits per heavy atom. The first-order chi connectivity index (χ1) is 11.2. The number of carbonyl (C=O) groups is 1. The molecule has 0 aliphatic heterocycles. The van der Waals surface area contributed by atoms with Gasteiger partial charge in [-0.05, 0) is 28.8 Å². The van der Waals surface area contributed by atoms with Crippen LogP contribution in [-0.4, -0.2) is 18.1 Å². The molecule has 7 heteroatoms. The minimum atomic E-state index is -0.943. The lowest BCUT2D eigenvalue weighted by Crippen LogP contribution is -2.05. The van der Waals surface area contributed by atoms with Gasteiger partial charge in [0, 0.05) is 4.91 Å². The van der Waals surface area contributed by atoms with Gasteiger partial charge in [-0.15, -0.1) is 0 Å². The van der Waals surface area contributed by atoms with E-state index in [0.717, 1.165) is 5.56 Å². The van der Waals surface area contributed by atoms with E-state index in [1.165, 1.54) is 0 Å². The number of anilines is 1. The van der Waals surface area contributed by atoms with Crippen molar-refractivity contribution < 1.29 is 14.6 Å². The van der Waals surface area contributed by atoms with E-state index in [4.69, 9.17) is 10.3 Å². The molecule has 118 valence electrons. The lowest BCUT2D eigenvalue weighted by molar-refractivity contribution is -0.105. The molecule has 7 nitrogen and oxygen atoms in total. The Morgan fingerprint density at radius 2 is 2.09 bits per heavy atom. The number of ether oxygens (including phenoxy) is 1. The van der Waals surface area contributed by atoms with E-state index in [9.17, 15) is 9.90 Å². The first kappa shape index (κ1) is 16.4. The van der Waals surface area contributed by atoms with E-state index in [2.05, 4.69) is 15.3 Å². The normalized spacial score (nSPS) is 11.2. The molecule has 1 atom stereocenters. The van der Waals surface area contributed by atoms with E-state index in [-0.39, 0.29) is 6.54 Å². The molecule has 23 heavy (non-hydrogen) atoms. The number of nitrogens with zero attached hydrogens (tertiary/aromatic N) is 3. The molecule has 2 N–H and O–H groups in total. The molecule has 0 spiro atoms. The van der Waals surface area contributed by atoms with Crippen LogP contribution in [0.5, 0.6) is 5.75 Å². The van der Waals surface area contributed by atoms with E-state index in [1.807, 2.05) is 30.3 Å². The second-order valence-corrected chi connectivity index (χ2v) is 4.72. The van der Waals surface area contributed by atoms with E-state index < -0.39 is 6.10 Å². The number of azide groups is 1. The summed E-state index contributed by atoms with van der Waals surface area (Å²) in [7, 11) is 0. The number of amides is 1. The summed E-state index contributed by atoms with van der Waals surface area (Å²) in [4.78, 5) is 13.4. The number of hydrogen-bond acceptors (Lipinski definition) is 4. The third kappa shape index (κ3) is 4.74. The lowest BCUT2D eigenvalue weighted by atomic mass is 10.1. The van der Waals surface area contributed by atoms with Crippen LogP contribution in [0.3, 0.4) is 0 Å². The molecule has 2 aromatic rings. The van der Waals surface area contributed by atoms with Gasteiger partial charge in [-0.2, -0.15) is 0 Å². The van der Waals surface area contributed by atoms with Crippen molar-refractivity contribution in [1.82, 2.24) is 0 Å². The molecule has 0 aliphatic rings. The smallest absolute Gasteiger partial charge is 0.211 e. The average molecular weight is 312 g/mol. The number of nitrogens with one attached hydrogen (secondary N) is 1. The summed E-state index contributed by atoms with van der Waals surface area (Å²) in [6.45, 7) is 0.274. The summed E-state index contributed by atoms with van der Waals surface area (Å²) < 4.78 is 5.71. The molecule has 1 amide bonds. The minimum Gasteiger partial charge on any atom is -0.487 e. The Labute approximate surface area is 133 Å². The second-order valence-electron chi connectivity index (χ2n) is 4.72. The highest BCUT2D eigenvalue weighted by molar-refractivity contribution is 5.75. The highest BCUT2D eigenvalue weighted by atomic mass is 16.5. The van der Waals surface area contributed by atoms with Gasteiger partial charge in [0.05, 0.1) is 18.3 Å². The molecule has 0 saturated heterocycles. The van der Waals surface area contributed by atoms with Crippen LogP contribution in [0.25, 0.3) is 10.4 Å². The quantitative estimate of drug-likeness (QED) is 0.338. The molecule has 0 fully saturated rings. The fraction of sp³-hybridized carbons (Fsp3) is 0.188. The zero-order valence-corrected chi connectivity index (χ0v) is 12.3. The monoisotopic (exact) mass is 312 g/mol. The molecule has 1 unspecified atom stereocenters. The van der Waals surface area contributed by atoms with Crippen LogP contribution < -0.4 is 10.1 Å². The van der Waals surface area contributed by atoms with Gasteiger partial charge in [0.2, 0.25) is 6.41 Å². The Morgan fingerprint density at radius 3 is 2.78 bits per heavy atom. The van der Waals surface area contributed by atoms with Crippen molar-refractivity contribution in [3.63, 3.8) is 0 Å². The molecule has 0 radical (unpaired) electrons. The van der Waals surface area contributed by atoms with Crippen LogP contribution in [-0.2, 0) is 11.4 Å². The first-order valence-electron chi connectivity index (χ1n) is 6.94. The molecule has 0 heterocycles. The summed E-state index contributed by atoms with van der Waals surface area (Å²) >= 11 is 0. The Bertz CT molecular complexity index is 700. The zero-order valence-electron chi connectivity index (χ0n) is 12.3. The maximum atomic E-state index is 10.8. The molecule has 0 aromatic heterocycles. The van der Waals surface area contributed by atoms with Crippen LogP contribution in [0.2, 0.25) is 0 Å². The summed E-state index contributed by atoms with van der Waals surface area (Å²) in [5.74, 6) is 0.487. The summed E-state index contributed by atoms with van der Waals surface area (Å²) in [6.07, 6.45) is -0.407. The number of aliphatic hydroxyl groups excluding tert-OH is 1. The third-order valence-corrected chi connectivity index (χ3v) is 3.16. The molecular weight excluding hydrogens is 296 g/mol. The lowest BCUT2D eigenvalue weighted by Gasteiger charge is -2.14. The summed E-state index contributed by atoms with van der Waals surface area (Å²) in [5.41, 5.74) is 10.2. The van der Waals surface area contributed by atoms with Gasteiger partial charge < -0.3 is 15.2 Å². The van der Waals surface area contributed by atoms with Gasteiger partial charge in [-0.1, -0.05) is 41.5 Å². The second kappa shape index (κ2) is 8.43. The van der Waals surface area contributed by atoms with Gasteiger partial charge in [0.1, 0.15) is 12.4 Å². The van der Waals surface area contributed by atoms with Crippen molar-refractivity contribution in [2.24, 2.45) is 5.11 Å². The predicted octanol–water partition coefficient (Wildman–Crippen LogP) is 3.18. The molecular formula is C16H16N4O3. The van der Waals surface area contributed by atoms with Crippen LogP contribution in [0.1, 0.15) is 17.2 Å². The Balaban J connectivity index is 2.15. The Hall–Kier alpha value is -3.02. The maximum Gasteiger partial charge on any atom is 0.211 e. The highest BCUT2D eigenvalue weighted by Gasteiger charge is 2.11. The van der Waals surface area contributed by atoms with Crippen molar-refractivity contribution >= 4 is 12.1 Å². The highest BCUT2D eigenvalue weighted by Crippen LogP contribution is 2.29. The van der Waals surface area contributed by atoms with Gasteiger partial charge >= 0.3 is 0 Å². The SMILES string of the molecule is [N-]=[N+]=NCC(O)c1ccc(OCc2ccccc2)c(NC=O)c1. The summed E-state index contributed by atoms with van der Waals surface area (Å²) in [5, 5.41) is 15.8. The predicted molar refractivity (Wildman–Crippen MR) is 85.9 cm³/mol. The minimum absolute atomic E-state index is 0.0821. The van der Waals surface area contributed by atoms with E-state index in [0.29, 0.717) is 30.0 Å². The third-order valence-electron chi connectivity index (χ3n) is 3.16. The van der Waals surface area contributed by atoms with E-state index in [1.54, 1.807) is 18.2 Å². The first-order valence-corrected chi connectivity index (χ1v) is 6.94. The maximum absolute atomic E-state index is 10.8.